The van der Waals surface area contributed by atoms with Crippen LogP contribution >= 0.6 is 0 Å². The number of rotatable bonds is 9. The molecular weight excluding hydrogens is 617 g/mol. The zero-order valence-corrected chi connectivity index (χ0v) is 25.8. The van der Waals surface area contributed by atoms with Gasteiger partial charge in [-0.25, -0.2) is 0 Å². The predicted octanol–water partition coefficient (Wildman–Crippen LogP) is 4.61. The van der Waals surface area contributed by atoms with E-state index >= 15 is 0 Å². The zero-order chi connectivity index (χ0) is 33.3. The van der Waals surface area contributed by atoms with Gasteiger partial charge in [0.1, 0.15) is 23.8 Å². The Bertz CT molecular complexity index is 1820. The van der Waals surface area contributed by atoms with Crippen LogP contribution in [0.15, 0.2) is 71.5 Å². The highest BCUT2D eigenvalue weighted by molar-refractivity contribution is 5.97. The number of methoxy groups -OCH3 is 2. The van der Waals surface area contributed by atoms with Gasteiger partial charge in [0.2, 0.25) is 0 Å². The number of benzene rings is 3. The van der Waals surface area contributed by atoms with E-state index in [9.17, 15) is 27.9 Å². The van der Waals surface area contributed by atoms with E-state index in [0.717, 1.165) is 16.3 Å². The Morgan fingerprint density at radius 2 is 1.72 bits per heavy atom. The average Bonchev–Trinajstić information content (AvgIpc) is 3.72. The van der Waals surface area contributed by atoms with Crippen LogP contribution in [-0.4, -0.2) is 67.4 Å². The van der Waals surface area contributed by atoms with Crippen molar-refractivity contribution >= 4 is 17.3 Å². The molecule has 6 rings (SSSR count). The van der Waals surface area contributed by atoms with Crippen LogP contribution in [-0.2, 0) is 28.7 Å². The molecule has 0 bridgehead atoms. The molecule has 2 aliphatic rings. The third-order valence-corrected chi connectivity index (χ3v) is 8.33. The number of aromatic nitrogens is 2. The van der Waals surface area contributed by atoms with Crippen molar-refractivity contribution in [2.24, 2.45) is 0 Å². The Morgan fingerprint density at radius 3 is 2.36 bits per heavy atom. The lowest BCUT2D eigenvalue weighted by Gasteiger charge is -2.23. The number of carbonyl (C=O) groups excluding carboxylic acids is 1. The van der Waals surface area contributed by atoms with Crippen LogP contribution < -0.4 is 24.8 Å². The van der Waals surface area contributed by atoms with Gasteiger partial charge in [-0.3, -0.25) is 9.59 Å². The maximum absolute atomic E-state index is 14.5. The maximum Gasteiger partial charge on any atom is 0.418 e. The molecule has 0 aliphatic carbocycles. The molecule has 13 heteroatoms. The minimum atomic E-state index is -4.83. The predicted molar refractivity (Wildman–Crippen MR) is 168 cm³/mol. The summed E-state index contributed by atoms with van der Waals surface area (Å²) in [6.07, 6.45) is -4.77. The second-order valence-electron chi connectivity index (χ2n) is 11.4. The number of nitrogens with zero attached hydrogens (tertiary/aromatic N) is 4. The highest BCUT2D eigenvalue weighted by Gasteiger charge is 2.38. The first-order valence-electron chi connectivity index (χ1n) is 15.0. The monoisotopic (exact) mass is 650 g/mol. The Labute approximate surface area is 268 Å². The summed E-state index contributed by atoms with van der Waals surface area (Å²) in [7, 11) is 2.92. The van der Waals surface area contributed by atoms with Crippen molar-refractivity contribution in [3.63, 3.8) is 0 Å². The number of halogens is 3. The molecule has 4 aromatic rings. The summed E-state index contributed by atoms with van der Waals surface area (Å²) in [4.78, 5) is 30.8. The summed E-state index contributed by atoms with van der Waals surface area (Å²) in [6.45, 7) is 0.584. The Kier molecular flexibility index (Phi) is 8.93. The van der Waals surface area contributed by atoms with Gasteiger partial charge in [-0.2, -0.15) is 23.0 Å². The third kappa shape index (κ3) is 6.54. The average molecular weight is 651 g/mol. The topological polar surface area (TPSA) is 106 Å². The normalized spacial score (nSPS) is 16.0. The van der Waals surface area contributed by atoms with E-state index in [1.165, 1.54) is 31.3 Å². The smallest absolute Gasteiger partial charge is 0.418 e. The van der Waals surface area contributed by atoms with Crippen molar-refractivity contribution in [3.05, 3.63) is 93.8 Å². The van der Waals surface area contributed by atoms with Crippen molar-refractivity contribution in [1.29, 1.82) is 0 Å². The van der Waals surface area contributed by atoms with Gasteiger partial charge >= 0.3 is 6.18 Å². The number of aliphatic hydroxyl groups excluding tert-OH is 1. The molecule has 3 aromatic carbocycles. The van der Waals surface area contributed by atoms with Crippen LogP contribution in [0.5, 0.6) is 11.5 Å². The lowest BCUT2D eigenvalue weighted by Crippen LogP contribution is -2.37. The molecule has 1 saturated heterocycles. The van der Waals surface area contributed by atoms with E-state index in [4.69, 9.17) is 14.2 Å². The van der Waals surface area contributed by atoms with Crippen molar-refractivity contribution in [1.82, 2.24) is 9.78 Å². The standard InChI is InChI=1S/C34H33F3N4O6/c1-45-25-14-22(15-26(17-25)46-2)31-27-11-13-40(30(43)20-47-19-21-6-4-3-5-7-21)32(27)33(44)41(38-31)29-16-23(39-12-10-24(42)18-39)8-9-28(29)34(35,36)37/h3-9,14-17,24,42H,10-13,18-20H2,1-2H3/t24-/m0/s1. The SMILES string of the molecule is COc1cc(OC)cc(-c2nn(-c3cc(N4CC[C@H](O)C4)ccc3C(F)(F)F)c(=O)c3c2CCN3C(=O)COCc2ccccc2)c1. The van der Waals surface area contributed by atoms with Crippen molar-refractivity contribution in [2.75, 3.05) is 50.3 Å². The molecular formula is C34H33F3N4O6. The van der Waals surface area contributed by atoms with Gasteiger partial charge in [-0.05, 0) is 48.7 Å². The lowest BCUT2D eigenvalue weighted by molar-refractivity contribution is -0.137. The summed E-state index contributed by atoms with van der Waals surface area (Å²) in [6, 6.07) is 17.6. The molecule has 246 valence electrons. The number of hydrogen-bond acceptors (Lipinski definition) is 8. The molecule has 1 N–H and O–H groups in total. The van der Waals surface area contributed by atoms with Gasteiger partial charge in [0, 0.05) is 42.5 Å². The molecule has 1 atom stereocenters. The number of ether oxygens (including phenoxy) is 3. The van der Waals surface area contributed by atoms with Gasteiger partial charge in [-0.15, -0.1) is 0 Å². The second-order valence-corrected chi connectivity index (χ2v) is 11.4. The fourth-order valence-electron chi connectivity index (χ4n) is 6.00. The largest absolute Gasteiger partial charge is 0.497 e. The summed E-state index contributed by atoms with van der Waals surface area (Å²) < 4.78 is 60.8. The molecule has 1 fully saturated rings. The number of carbonyl (C=O) groups is 1. The first kappa shape index (κ1) is 32.1. The first-order chi connectivity index (χ1) is 22.6. The number of aliphatic hydroxyl groups is 1. The van der Waals surface area contributed by atoms with Gasteiger partial charge in [0.15, 0.2) is 0 Å². The van der Waals surface area contributed by atoms with Gasteiger partial charge in [0.25, 0.3) is 11.5 Å². The van der Waals surface area contributed by atoms with E-state index in [-0.39, 0.29) is 44.1 Å². The highest BCUT2D eigenvalue weighted by Crippen LogP contribution is 2.39. The van der Waals surface area contributed by atoms with Gasteiger partial charge in [0.05, 0.1) is 43.9 Å². The molecule has 0 radical (unpaired) electrons. The molecule has 0 unspecified atom stereocenters. The number of amides is 1. The van der Waals surface area contributed by atoms with Crippen molar-refractivity contribution in [2.45, 2.75) is 31.7 Å². The van der Waals surface area contributed by atoms with Crippen LogP contribution in [0.4, 0.5) is 24.5 Å². The molecule has 2 aliphatic heterocycles. The van der Waals surface area contributed by atoms with Crippen molar-refractivity contribution in [3.8, 4) is 28.4 Å². The van der Waals surface area contributed by atoms with Crippen LogP contribution in [0, 0.1) is 0 Å². The fourth-order valence-corrected chi connectivity index (χ4v) is 6.00. The fraction of sp³-hybridized carbons (Fsp3) is 0.324. The number of fused-ring (bicyclic) bond motifs is 1. The van der Waals surface area contributed by atoms with E-state index in [0.29, 0.717) is 41.3 Å². The zero-order valence-electron chi connectivity index (χ0n) is 25.8. The van der Waals surface area contributed by atoms with E-state index in [1.807, 2.05) is 30.3 Å². The van der Waals surface area contributed by atoms with Crippen LogP contribution in [0.25, 0.3) is 16.9 Å². The first-order valence-corrected chi connectivity index (χ1v) is 15.0. The Hall–Kier alpha value is -4.88. The third-order valence-electron chi connectivity index (χ3n) is 8.33. The Morgan fingerprint density at radius 1 is 1.00 bits per heavy atom. The van der Waals surface area contributed by atoms with Crippen LogP contribution in [0.1, 0.15) is 23.1 Å². The summed E-state index contributed by atoms with van der Waals surface area (Å²) in [5, 5.41) is 14.6. The highest BCUT2D eigenvalue weighted by atomic mass is 19.4. The second kappa shape index (κ2) is 13.1. The maximum atomic E-state index is 14.5. The van der Waals surface area contributed by atoms with Crippen molar-refractivity contribution < 1.29 is 37.3 Å². The van der Waals surface area contributed by atoms with E-state index in [2.05, 4.69) is 5.10 Å². The number of β-amino-alcohol motifs (C(OH)–C–C–N with tert-alkyl or cyclic N) is 1. The minimum absolute atomic E-state index is 0.0692. The minimum Gasteiger partial charge on any atom is -0.497 e. The summed E-state index contributed by atoms with van der Waals surface area (Å²) in [5.74, 6) is 0.288. The summed E-state index contributed by atoms with van der Waals surface area (Å²) >= 11 is 0. The quantitative estimate of drug-likeness (QED) is 0.280. The molecule has 10 nitrogen and oxygen atoms in total. The lowest BCUT2D eigenvalue weighted by atomic mass is 10.0. The van der Waals surface area contributed by atoms with E-state index in [1.54, 1.807) is 23.1 Å². The molecule has 0 saturated carbocycles. The number of anilines is 2. The van der Waals surface area contributed by atoms with E-state index < -0.39 is 35.0 Å². The van der Waals surface area contributed by atoms with Gasteiger partial charge < -0.3 is 29.1 Å². The van der Waals surface area contributed by atoms with Crippen LogP contribution in [0.2, 0.25) is 0 Å². The summed E-state index contributed by atoms with van der Waals surface area (Å²) in [5.41, 5.74) is -0.242. The number of alkyl halides is 3. The van der Waals surface area contributed by atoms with Crippen LogP contribution in [0.3, 0.4) is 0 Å². The van der Waals surface area contributed by atoms with Gasteiger partial charge in [-0.1, -0.05) is 30.3 Å². The number of hydrogen-bond donors (Lipinski definition) is 1. The Balaban J connectivity index is 1.50. The molecule has 3 heterocycles. The molecule has 1 amide bonds. The molecule has 1 aromatic heterocycles. The molecule has 0 spiro atoms. The molecule has 47 heavy (non-hydrogen) atoms.